The van der Waals surface area contributed by atoms with E-state index < -0.39 is 29.5 Å². The summed E-state index contributed by atoms with van der Waals surface area (Å²) >= 11 is 0. The minimum Gasteiger partial charge on any atom is -0.366 e. The average Bonchev–Trinajstić information content (AvgIpc) is 3.36. The lowest BCUT2D eigenvalue weighted by Crippen LogP contribution is -2.44. The van der Waals surface area contributed by atoms with Gasteiger partial charge in [-0.25, -0.2) is 4.98 Å². The van der Waals surface area contributed by atoms with Gasteiger partial charge in [0.15, 0.2) is 0 Å². The van der Waals surface area contributed by atoms with E-state index in [9.17, 15) is 22.8 Å². The predicted octanol–water partition coefficient (Wildman–Crippen LogP) is 4.64. The standard InChI is InChI=1S/C28H36F3N7O2/c1-17(2)33-25(39)21-6-5-7-23(21)35-24-22(28(29,30)31)16-32-27(36-24)34-19-10-8-18(9-11-19)26(40)38(4)20-12-14-37(3)15-13-20/h8-11,16,20-21,23H,1,5-7,12-15H2,2-4H3,(H,33,39)(H2,32,34,35,36)/t21-,23+/m0/s1. The number of allylic oxidation sites excluding steroid dienone is 1. The van der Waals surface area contributed by atoms with Gasteiger partial charge in [-0.3, -0.25) is 9.59 Å². The smallest absolute Gasteiger partial charge is 0.366 e. The summed E-state index contributed by atoms with van der Waals surface area (Å²) in [7, 11) is 3.88. The predicted molar refractivity (Wildman–Crippen MR) is 147 cm³/mol. The van der Waals surface area contributed by atoms with Crippen LogP contribution in [0.1, 0.15) is 54.9 Å². The van der Waals surface area contributed by atoms with Crippen molar-refractivity contribution in [2.75, 3.05) is 37.8 Å². The zero-order valence-electron chi connectivity index (χ0n) is 23.0. The van der Waals surface area contributed by atoms with Crippen LogP contribution < -0.4 is 16.0 Å². The van der Waals surface area contributed by atoms with Crippen LogP contribution >= 0.6 is 0 Å². The largest absolute Gasteiger partial charge is 0.421 e. The van der Waals surface area contributed by atoms with Crippen LogP contribution in [0, 0.1) is 5.92 Å². The third-order valence-electron chi connectivity index (χ3n) is 7.55. The first kappa shape index (κ1) is 29.3. The van der Waals surface area contributed by atoms with Gasteiger partial charge in [0, 0.05) is 42.3 Å². The number of nitrogens with zero attached hydrogens (tertiary/aromatic N) is 4. The summed E-state index contributed by atoms with van der Waals surface area (Å²) < 4.78 is 41.3. The zero-order valence-corrected chi connectivity index (χ0v) is 23.0. The number of carbonyl (C=O) groups is 2. The molecule has 1 aromatic heterocycles. The van der Waals surface area contributed by atoms with Crippen LogP contribution in [-0.2, 0) is 11.0 Å². The van der Waals surface area contributed by atoms with Crippen molar-refractivity contribution in [3.63, 3.8) is 0 Å². The lowest BCUT2D eigenvalue weighted by atomic mass is 10.0. The molecule has 2 fully saturated rings. The van der Waals surface area contributed by atoms with Crippen molar-refractivity contribution in [2.45, 2.75) is 57.3 Å². The van der Waals surface area contributed by atoms with Crippen molar-refractivity contribution in [2.24, 2.45) is 5.92 Å². The van der Waals surface area contributed by atoms with Crippen molar-refractivity contribution in [3.8, 4) is 0 Å². The lowest BCUT2D eigenvalue weighted by molar-refractivity contribution is -0.137. The minimum atomic E-state index is -4.68. The number of piperidine rings is 1. The molecule has 2 aliphatic rings. The second-order valence-corrected chi connectivity index (χ2v) is 10.7. The lowest BCUT2D eigenvalue weighted by Gasteiger charge is -2.35. The molecule has 9 nitrogen and oxygen atoms in total. The molecule has 1 saturated heterocycles. The molecule has 0 unspecified atom stereocenters. The SMILES string of the molecule is C=C(C)NC(=O)[C@H]1CCC[C@H]1Nc1nc(Nc2ccc(C(=O)N(C)C3CCN(C)CC3)cc2)ncc1C(F)(F)F. The van der Waals surface area contributed by atoms with Crippen molar-refractivity contribution in [1.29, 1.82) is 0 Å². The Hall–Kier alpha value is -3.67. The number of amides is 2. The van der Waals surface area contributed by atoms with E-state index in [2.05, 4.69) is 44.4 Å². The quantitative estimate of drug-likeness (QED) is 0.433. The van der Waals surface area contributed by atoms with E-state index in [1.807, 2.05) is 7.05 Å². The second kappa shape index (κ2) is 12.2. The summed E-state index contributed by atoms with van der Waals surface area (Å²) in [6.07, 6.45) is -0.352. The molecule has 1 aromatic carbocycles. The third-order valence-corrected chi connectivity index (χ3v) is 7.55. The molecule has 2 atom stereocenters. The number of halogens is 3. The molecule has 0 bridgehead atoms. The van der Waals surface area contributed by atoms with Crippen molar-refractivity contribution < 1.29 is 22.8 Å². The van der Waals surface area contributed by atoms with Gasteiger partial charge in [-0.15, -0.1) is 0 Å². The van der Waals surface area contributed by atoms with Gasteiger partial charge in [-0.2, -0.15) is 18.2 Å². The number of aromatic nitrogens is 2. The third kappa shape index (κ3) is 7.09. The first-order valence-electron chi connectivity index (χ1n) is 13.4. The maximum Gasteiger partial charge on any atom is 0.421 e. The van der Waals surface area contributed by atoms with Gasteiger partial charge in [0.25, 0.3) is 5.91 Å². The summed E-state index contributed by atoms with van der Waals surface area (Å²) in [4.78, 5) is 37.6. The topological polar surface area (TPSA) is 102 Å². The Bertz CT molecular complexity index is 1230. The van der Waals surface area contributed by atoms with Crippen LogP contribution in [0.5, 0.6) is 0 Å². The molecule has 216 valence electrons. The molecule has 3 N–H and O–H groups in total. The molecule has 1 saturated carbocycles. The van der Waals surface area contributed by atoms with Crippen LogP contribution in [0.2, 0.25) is 0 Å². The Morgan fingerprint density at radius 2 is 1.77 bits per heavy atom. The summed E-state index contributed by atoms with van der Waals surface area (Å²) in [5.41, 5.74) is 0.495. The van der Waals surface area contributed by atoms with E-state index >= 15 is 0 Å². The Kier molecular flexibility index (Phi) is 8.97. The number of nitrogens with one attached hydrogen (secondary N) is 3. The summed E-state index contributed by atoms with van der Waals surface area (Å²) in [5.74, 6) is -1.31. The average molecular weight is 560 g/mol. The molecular formula is C28H36F3N7O2. The highest BCUT2D eigenvalue weighted by Gasteiger charge is 2.39. The number of hydrogen-bond acceptors (Lipinski definition) is 7. The van der Waals surface area contributed by atoms with Crippen molar-refractivity contribution in [3.05, 3.63) is 53.9 Å². The number of anilines is 3. The van der Waals surface area contributed by atoms with Crippen molar-refractivity contribution in [1.82, 2.24) is 25.1 Å². The van der Waals surface area contributed by atoms with Gasteiger partial charge >= 0.3 is 6.18 Å². The molecule has 1 aliphatic carbocycles. The first-order chi connectivity index (χ1) is 18.9. The number of carbonyl (C=O) groups excluding carboxylic acids is 2. The maximum atomic E-state index is 13.8. The van der Waals surface area contributed by atoms with E-state index in [0.717, 1.165) is 32.1 Å². The molecule has 4 rings (SSSR count). The van der Waals surface area contributed by atoms with Crippen LogP contribution in [-0.4, -0.2) is 70.9 Å². The first-order valence-corrected chi connectivity index (χ1v) is 13.4. The van der Waals surface area contributed by atoms with E-state index in [4.69, 9.17) is 0 Å². The van der Waals surface area contributed by atoms with E-state index in [0.29, 0.717) is 36.2 Å². The number of rotatable bonds is 8. The molecule has 40 heavy (non-hydrogen) atoms. The van der Waals surface area contributed by atoms with E-state index in [1.54, 1.807) is 36.1 Å². The minimum absolute atomic E-state index is 0.0426. The highest BCUT2D eigenvalue weighted by atomic mass is 19.4. The van der Waals surface area contributed by atoms with Gasteiger partial charge in [-0.05, 0) is 77.0 Å². The van der Waals surface area contributed by atoms with Gasteiger partial charge in [0.2, 0.25) is 11.9 Å². The highest BCUT2D eigenvalue weighted by molar-refractivity contribution is 5.94. The zero-order chi connectivity index (χ0) is 29.0. The fourth-order valence-corrected chi connectivity index (χ4v) is 5.26. The molecule has 12 heteroatoms. The van der Waals surface area contributed by atoms with Crippen LogP contribution in [0.25, 0.3) is 0 Å². The second-order valence-electron chi connectivity index (χ2n) is 10.7. The molecule has 0 radical (unpaired) electrons. The van der Waals surface area contributed by atoms with Gasteiger partial charge in [0.1, 0.15) is 11.4 Å². The Balaban J connectivity index is 1.47. The van der Waals surface area contributed by atoms with Crippen LogP contribution in [0.3, 0.4) is 0 Å². The number of hydrogen-bond donors (Lipinski definition) is 3. The monoisotopic (exact) mass is 559 g/mol. The fourth-order valence-electron chi connectivity index (χ4n) is 5.26. The summed E-state index contributed by atoms with van der Waals surface area (Å²) in [6, 6.07) is 6.33. The van der Waals surface area contributed by atoms with Crippen molar-refractivity contribution >= 4 is 29.3 Å². The maximum absolute atomic E-state index is 13.8. The van der Waals surface area contributed by atoms with Gasteiger partial charge in [0.05, 0.1) is 5.92 Å². The Labute approximate surface area is 232 Å². The summed E-state index contributed by atoms with van der Waals surface area (Å²) in [5, 5.41) is 8.44. The van der Waals surface area contributed by atoms with E-state index in [1.165, 1.54) is 0 Å². The van der Waals surface area contributed by atoms with E-state index in [-0.39, 0.29) is 23.8 Å². The van der Waals surface area contributed by atoms with Crippen LogP contribution in [0.4, 0.5) is 30.6 Å². The molecule has 2 aromatic rings. The highest BCUT2D eigenvalue weighted by Crippen LogP contribution is 2.37. The van der Waals surface area contributed by atoms with Crippen LogP contribution in [0.15, 0.2) is 42.7 Å². The molecule has 1 aliphatic heterocycles. The number of benzene rings is 1. The normalized spacial score (nSPS) is 20.1. The molecule has 2 heterocycles. The van der Waals surface area contributed by atoms with Gasteiger partial charge in [-0.1, -0.05) is 13.0 Å². The Morgan fingerprint density at radius 3 is 2.40 bits per heavy atom. The molecular weight excluding hydrogens is 523 g/mol. The fraction of sp³-hybridized carbons (Fsp3) is 0.500. The number of alkyl halides is 3. The molecule has 0 spiro atoms. The van der Waals surface area contributed by atoms with Gasteiger partial charge < -0.3 is 25.8 Å². The molecule has 2 amide bonds. The number of likely N-dealkylation sites (tertiary alicyclic amines) is 1. The Morgan fingerprint density at radius 1 is 1.10 bits per heavy atom. The summed E-state index contributed by atoms with van der Waals surface area (Å²) in [6.45, 7) is 7.20.